The van der Waals surface area contributed by atoms with Gasteiger partial charge in [0.1, 0.15) is 24.1 Å². The second-order valence-electron chi connectivity index (χ2n) is 10.2. The van der Waals surface area contributed by atoms with Crippen LogP contribution in [0.1, 0.15) is 32.8 Å². The minimum atomic E-state index is -4.45. The lowest BCUT2D eigenvalue weighted by atomic mass is 10.1. The van der Waals surface area contributed by atoms with Crippen LogP contribution in [0.2, 0.25) is 5.02 Å². The van der Waals surface area contributed by atoms with Gasteiger partial charge < -0.3 is 29.2 Å². The molecule has 0 heterocycles. The number of sulfonamides is 1. The Hall–Kier alpha value is -4.16. The molecular weight excluding hydrogens is 622 g/mol. The van der Waals surface area contributed by atoms with Gasteiger partial charge in [-0.05, 0) is 68.3 Å². The van der Waals surface area contributed by atoms with E-state index in [9.17, 15) is 18.0 Å². The first-order valence-corrected chi connectivity index (χ1v) is 16.0. The zero-order valence-corrected chi connectivity index (χ0v) is 28.1. The Morgan fingerprint density at radius 3 is 2.16 bits per heavy atom. The fourth-order valence-corrected chi connectivity index (χ4v) is 6.09. The molecule has 3 rings (SSSR count). The van der Waals surface area contributed by atoms with Crippen LogP contribution in [0.3, 0.4) is 0 Å². The summed E-state index contributed by atoms with van der Waals surface area (Å²) in [5, 5.41) is 3.13. The predicted octanol–water partition coefficient (Wildman–Crippen LogP) is 4.90. The lowest BCUT2D eigenvalue weighted by molar-refractivity contribution is -0.139. The van der Waals surface area contributed by atoms with Gasteiger partial charge in [-0.15, -0.1) is 0 Å². The van der Waals surface area contributed by atoms with Crippen molar-refractivity contribution in [2.24, 2.45) is 0 Å². The fraction of sp³-hybridized carbons (Fsp3) is 0.375. The molecule has 0 fully saturated rings. The van der Waals surface area contributed by atoms with E-state index in [2.05, 4.69) is 5.32 Å². The van der Waals surface area contributed by atoms with Gasteiger partial charge in [0.2, 0.25) is 11.8 Å². The van der Waals surface area contributed by atoms with E-state index in [1.165, 1.54) is 63.7 Å². The first kappa shape index (κ1) is 35.3. The number of carbonyl (C=O) groups is 2. The number of nitrogens with zero attached hydrogens (tertiary/aromatic N) is 2. The monoisotopic (exact) mass is 661 g/mol. The molecule has 0 spiro atoms. The second-order valence-corrected chi connectivity index (χ2v) is 12.5. The number of hydrogen-bond donors (Lipinski definition) is 1. The standard InChI is InChI=1S/C32H40ClN3O8S/c1-8-21(2)34-32(38)22(3)35(19-23-10-9-11-25(16-23)41-4)31(37)20-36(27-17-24(33)12-14-28(27)42-5)45(39,40)26-13-15-29(43-6)30(18-26)44-7/h9-18,21-22H,8,19-20H2,1-7H3,(H,34,38)/t21-,22-/m0/s1. The first-order chi connectivity index (χ1) is 21.4. The van der Waals surface area contributed by atoms with Crippen LogP contribution in [0, 0.1) is 0 Å². The topological polar surface area (TPSA) is 124 Å². The molecule has 0 saturated carbocycles. The molecule has 0 aromatic heterocycles. The van der Waals surface area contributed by atoms with E-state index >= 15 is 0 Å². The molecule has 2 atom stereocenters. The predicted molar refractivity (Wildman–Crippen MR) is 173 cm³/mol. The quantitative estimate of drug-likeness (QED) is 0.244. The number of amides is 2. The lowest BCUT2D eigenvalue weighted by Gasteiger charge is -2.33. The Morgan fingerprint density at radius 2 is 1.53 bits per heavy atom. The molecular formula is C32H40ClN3O8S. The summed E-state index contributed by atoms with van der Waals surface area (Å²) in [4.78, 5) is 28.7. The molecule has 0 bridgehead atoms. The second kappa shape index (κ2) is 15.7. The molecule has 1 N–H and O–H groups in total. The number of methoxy groups -OCH3 is 4. The van der Waals surface area contributed by atoms with Gasteiger partial charge >= 0.3 is 0 Å². The molecule has 11 nitrogen and oxygen atoms in total. The van der Waals surface area contributed by atoms with Crippen LogP contribution in [0.5, 0.6) is 23.0 Å². The summed E-state index contributed by atoms with van der Waals surface area (Å²) >= 11 is 6.32. The highest BCUT2D eigenvalue weighted by Crippen LogP contribution is 2.37. The zero-order chi connectivity index (χ0) is 33.3. The summed E-state index contributed by atoms with van der Waals surface area (Å²) < 4.78 is 51.0. The third kappa shape index (κ3) is 8.52. The summed E-state index contributed by atoms with van der Waals surface area (Å²) in [6.07, 6.45) is 0.689. The van der Waals surface area contributed by atoms with Crippen molar-refractivity contribution in [2.75, 3.05) is 39.3 Å². The van der Waals surface area contributed by atoms with Crippen LogP contribution in [0.4, 0.5) is 5.69 Å². The highest BCUT2D eigenvalue weighted by atomic mass is 35.5. The lowest BCUT2D eigenvalue weighted by Crippen LogP contribution is -2.52. The van der Waals surface area contributed by atoms with Crippen LogP contribution in [0.25, 0.3) is 0 Å². The van der Waals surface area contributed by atoms with E-state index in [1.54, 1.807) is 37.3 Å². The van der Waals surface area contributed by atoms with Gasteiger partial charge in [-0.3, -0.25) is 13.9 Å². The third-order valence-electron chi connectivity index (χ3n) is 7.29. The summed E-state index contributed by atoms with van der Waals surface area (Å²) in [5.41, 5.74) is 0.715. The molecule has 0 aliphatic heterocycles. The van der Waals surface area contributed by atoms with Crippen molar-refractivity contribution in [2.45, 2.75) is 50.7 Å². The van der Waals surface area contributed by atoms with E-state index in [0.717, 1.165) is 4.31 Å². The molecule has 0 aliphatic rings. The number of carbonyl (C=O) groups excluding carboxylic acids is 2. The molecule has 3 aromatic rings. The highest BCUT2D eigenvalue weighted by Gasteiger charge is 2.34. The maximum Gasteiger partial charge on any atom is 0.265 e. The summed E-state index contributed by atoms with van der Waals surface area (Å²) in [5.74, 6) is 0.213. The number of rotatable bonds is 15. The van der Waals surface area contributed by atoms with E-state index in [1.807, 2.05) is 13.8 Å². The minimum absolute atomic E-state index is 0.00204. The van der Waals surface area contributed by atoms with Crippen LogP contribution in [0.15, 0.2) is 65.6 Å². The number of hydrogen-bond acceptors (Lipinski definition) is 8. The smallest absolute Gasteiger partial charge is 0.265 e. The van der Waals surface area contributed by atoms with E-state index in [0.29, 0.717) is 23.5 Å². The number of halogens is 1. The highest BCUT2D eigenvalue weighted by molar-refractivity contribution is 7.92. The van der Waals surface area contributed by atoms with Gasteiger partial charge in [-0.1, -0.05) is 30.7 Å². The zero-order valence-electron chi connectivity index (χ0n) is 26.5. The Labute approximate surface area is 270 Å². The van der Waals surface area contributed by atoms with Gasteiger partial charge in [0.25, 0.3) is 10.0 Å². The van der Waals surface area contributed by atoms with Crippen molar-refractivity contribution >= 4 is 39.1 Å². The van der Waals surface area contributed by atoms with Crippen LogP contribution in [-0.4, -0.2) is 72.2 Å². The SMILES string of the molecule is CC[C@H](C)NC(=O)[C@H](C)N(Cc1cccc(OC)c1)C(=O)CN(c1cc(Cl)ccc1OC)S(=O)(=O)c1ccc(OC)c(OC)c1. The molecule has 0 saturated heterocycles. The van der Waals surface area contributed by atoms with Crippen LogP contribution >= 0.6 is 11.6 Å². The Morgan fingerprint density at radius 1 is 0.867 bits per heavy atom. The average Bonchev–Trinajstić information content (AvgIpc) is 3.04. The summed E-state index contributed by atoms with van der Waals surface area (Å²) in [6, 6.07) is 14.5. The van der Waals surface area contributed by atoms with Gasteiger partial charge in [-0.2, -0.15) is 0 Å². The van der Waals surface area contributed by atoms with E-state index < -0.39 is 28.5 Å². The number of ether oxygens (including phenoxy) is 4. The largest absolute Gasteiger partial charge is 0.497 e. The van der Waals surface area contributed by atoms with Gasteiger partial charge in [0.05, 0.1) is 39.0 Å². The van der Waals surface area contributed by atoms with Gasteiger partial charge in [0, 0.05) is 23.7 Å². The van der Waals surface area contributed by atoms with E-state index in [4.69, 9.17) is 30.5 Å². The molecule has 0 unspecified atom stereocenters. The molecule has 3 aromatic carbocycles. The Kier molecular flexibility index (Phi) is 12.3. The van der Waals surface area contributed by atoms with Crippen molar-refractivity contribution in [1.29, 1.82) is 0 Å². The minimum Gasteiger partial charge on any atom is -0.497 e. The molecule has 13 heteroatoms. The molecule has 0 aliphatic carbocycles. The third-order valence-corrected chi connectivity index (χ3v) is 9.28. The maximum absolute atomic E-state index is 14.3. The fourth-order valence-electron chi connectivity index (χ4n) is 4.49. The maximum atomic E-state index is 14.3. The number of nitrogens with one attached hydrogen (secondary N) is 1. The molecule has 0 radical (unpaired) electrons. The van der Waals surface area contributed by atoms with Crippen LogP contribution < -0.4 is 28.6 Å². The Bertz CT molecular complexity index is 1600. The van der Waals surface area contributed by atoms with Crippen LogP contribution in [-0.2, 0) is 26.2 Å². The van der Waals surface area contributed by atoms with Crippen molar-refractivity contribution < 1.29 is 37.0 Å². The van der Waals surface area contributed by atoms with Crippen molar-refractivity contribution in [3.8, 4) is 23.0 Å². The van der Waals surface area contributed by atoms with Gasteiger partial charge in [0.15, 0.2) is 11.5 Å². The molecule has 2 amide bonds. The normalized spacial score (nSPS) is 12.4. The van der Waals surface area contributed by atoms with Gasteiger partial charge in [-0.25, -0.2) is 8.42 Å². The summed E-state index contributed by atoms with van der Waals surface area (Å²) in [6.45, 7) is 4.72. The van der Waals surface area contributed by atoms with Crippen molar-refractivity contribution in [1.82, 2.24) is 10.2 Å². The number of benzene rings is 3. The number of anilines is 1. The molecule has 244 valence electrons. The average molecular weight is 662 g/mol. The molecule has 45 heavy (non-hydrogen) atoms. The Balaban J connectivity index is 2.15. The van der Waals surface area contributed by atoms with Crippen molar-refractivity contribution in [3.63, 3.8) is 0 Å². The van der Waals surface area contributed by atoms with E-state index in [-0.39, 0.29) is 45.6 Å². The van der Waals surface area contributed by atoms with Crippen molar-refractivity contribution in [3.05, 3.63) is 71.2 Å². The first-order valence-electron chi connectivity index (χ1n) is 14.2. The summed E-state index contributed by atoms with van der Waals surface area (Å²) in [7, 11) is 1.28.